The van der Waals surface area contributed by atoms with Gasteiger partial charge in [-0.15, -0.1) is 0 Å². The molecule has 0 saturated carbocycles. The Morgan fingerprint density at radius 1 is 1.00 bits per heavy atom. The van der Waals surface area contributed by atoms with E-state index in [-0.39, 0.29) is 18.0 Å². The smallest absolute Gasteiger partial charge is 0.254 e. The van der Waals surface area contributed by atoms with Crippen molar-refractivity contribution < 1.29 is 4.79 Å². The van der Waals surface area contributed by atoms with Crippen LogP contribution in [0.3, 0.4) is 0 Å². The van der Waals surface area contributed by atoms with Gasteiger partial charge in [-0.05, 0) is 74.8 Å². The standard InChI is InChI=1S/C30H36N6O2/c1-19-13-21(3)32-29(37)25(19)18-35(6)30(38)24-14-23(15-26-28(24)20(2)17-34(26)5)22-7-8-27(31-16-22)36-11-9-33(4)10-12-36/h7-8,13-17H,9-12,18H2,1-6H3,(H,32,37). The number of aromatic amines is 1. The number of anilines is 1. The first kappa shape index (κ1) is 25.7. The maximum Gasteiger partial charge on any atom is 0.254 e. The quantitative estimate of drug-likeness (QED) is 0.439. The van der Waals surface area contributed by atoms with Gasteiger partial charge in [0.25, 0.3) is 11.5 Å². The zero-order valence-electron chi connectivity index (χ0n) is 23.1. The maximum absolute atomic E-state index is 13.9. The summed E-state index contributed by atoms with van der Waals surface area (Å²) in [6.45, 7) is 10.0. The fourth-order valence-electron chi connectivity index (χ4n) is 5.45. The van der Waals surface area contributed by atoms with Crippen molar-refractivity contribution in [2.24, 2.45) is 7.05 Å². The van der Waals surface area contributed by atoms with Crippen molar-refractivity contribution in [1.29, 1.82) is 0 Å². The summed E-state index contributed by atoms with van der Waals surface area (Å²) >= 11 is 0. The van der Waals surface area contributed by atoms with Gasteiger partial charge in [0, 0.05) is 86.0 Å². The minimum Gasteiger partial charge on any atom is -0.354 e. The lowest BCUT2D eigenvalue weighted by molar-refractivity contribution is 0.0786. The Bertz CT molecular complexity index is 1560. The molecule has 198 valence electrons. The lowest BCUT2D eigenvalue weighted by atomic mass is 9.98. The largest absolute Gasteiger partial charge is 0.354 e. The van der Waals surface area contributed by atoms with Crippen molar-refractivity contribution in [2.45, 2.75) is 27.3 Å². The molecule has 0 bridgehead atoms. The Morgan fingerprint density at radius 3 is 2.39 bits per heavy atom. The Kier molecular flexibility index (Phi) is 6.84. The van der Waals surface area contributed by atoms with Gasteiger partial charge in [0.15, 0.2) is 0 Å². The van der Waals surface area contributed by atoms with Crippen molar-refractivity contribution in [3.05, 3.63) is 81.0 Å². The highest BCUT2D eigenvalue weighted by Crippen LogP contribution is 2.32. The summed E-state index contributed by atoms with van der Waals surface area (Å²) < 4.78 is 2.06. The topological polar surface area (TPSA) is 77.5 Å². The van der Waals surface area contributed by atoms with Crippen LogP contribution in [0.2, 0.25) is 0 Å². The number of benzene rings is 1. The van der Waals surface area contributed by atoms with E-state index < -0.39 is 0 Å². The Hall–Kier alpha value is -3.91. The third-order valence-corrected chi connectivity index (χ3v) is 7.65. The first-order chi connectivity index (χ1) is 18.1. The molecule has 1 saturated heterocycles. The first-order valence-corrected chi connectivity index (χ1v) is 13.1. The van der Waals surface area contributed by atoms with Crippen LogP contribution in [0, 0.1) is 20.8 Å². The van der Waals surface area contributed by atoms with E-state index >= 15 is 0 Å². The van der Waals surface area contributed by atoms with Crippen molar-refractivity contribution in [2.75, 3.05) is 45.2 Å². The molecule has 0 aliphatic carbocycles. The van der Waals surface area contributed by atoms with Gasteiger partial charge < -0.3 is 24.3 Å². The van der Waals surface area contributed by atoms with Gasteiger partial charge in [0.2, 0.25) is 0 Å². The van der Waals surface area contributed by atoms with Crippen LogP contribution in [0.1, 0.15) is 32.7 Å². The second kappa shape index (κ2) is 10.1. The third-order valence-electron chi connectivity index (χ3n) is 7.65. The SMILES string of the molecule is Cc1cc(C)c(CN(C)C(=O)c2cc(-c3ccc(N4CCN(C)CC4)nc3)cc3c2c(C)cn3C)c(=O)[nH]1. The van der Waals surface area contributed by atoms with Crippen LogP contribution in [0.25, 0.3) is 22.0 Å². The Labute approximate surface area is 223 Å². The number of aromatic nitrogens is 3. The molecule has 8 nitrogen and oxygen atoms in total. The summed E-state index contributed by atoms with van der Waals surface area (Å²) in [6.07, 6.45) is 3.95. The van der Waals surface area contributed by atoms with E-state index in [1.54, 1.807) is 11.9 Å². The number of piperazine rings is 1. The fourth-order valence-corrected chi connectivity index (χ4v) is 5.45. The van der Waals surface area contributed by atoms with Gasteiger partial charge in [0.05, 0.1) is 6.54 Å². The zero-order valence-corrected chi connectivity index (χ0v) is 23.1. The van der Waals surface area contributed by atoms with Crippen molar-refractivity contribution >= 4 is 22.6 Å². The van der Waals surface area contributed by atoms with Crippen molar-refractivity contribution in [3.63, 3.8) is 0 Å². The summed E-state index contributed by atoms with van der Waals surface area (Å²) in [5.74, 6) is 0.861. The van der Waals surface area contributed by atoms with E-state index in [9.17, 15) is 9.59 Å². The normalized spacial score (nSPS) is 14.3. The molecular formula is C30H36N6O2. The average molecular weight is 513 g/mol. The van der Waals surface area contributed by atoms with E-state index in [2.05, 4.69) is 50.8 Å². The summed E-state index contributed by atoms with van der Waals surface area (Å²) in [4.78, 5) is 40.4. The zero-order chi connectivity index (χ0) is 27.1. The van der Waals surface area contributed by atoms with Crippen LogP contribution in [0.15, 0.2) is 47.5 Å². The van der Waals surface area contributed by atoms with Crippen LogP contribution in [0.4, 0.5) is 5.82 Å². The minimum absolute atomic E-state index is 0.118. The summed E-state index contributed by atoms with van der Waals surface area (Å²) in [5.41, 5.74) is 6.71. The molecule has 8 heteroatoms. The van der Waals surface area contributed by atoms with E-state index in [1.807, 2.05) is 46.1 Å². The van der Waals surface area contributed by atoms with Crippen molar-refractivity contribution in [1.82, 2.24) is 24.3 Å². The number of nitrogens with one attached hydrogen (secondary N) is 1. The first-order valence-electron chi connectivity index (χ1n) is 13.1. The number of H-pyrrole nitrogens is 1. The molecule has 4 heterocycles. The van der Waals surface area contributed by atoms with Gasteiger partial charge >= 0.3 is 0 Å². The molecule has 1 fully saturated rings. The van der Waals surface area contributed by atoms with Crippen LogP contribution in [-0.2, 0) is 13.6 Å². The van der Waals surface area contributed by atoms with Gasteiger partial charge in [-0.3, -0.25) is 9.59 Å². The molecule has 1 N–H and O–H groups in total. The van der Waals surface area contributed by atoms with Gasteiger partial charge in [-0.1, -0.05) is 0 Å². The fraction of sp³-hybridized carbons (Fsp3) is 0.367. The lowest BCUT2D eigenvalue weighted by Crippen LogP contribution is -2.44. The second-order valence-electron chi connectivity index (χ2n) is 10.6. The summed E-state index contributed by atoms with van der Waals surface area (Å²) in [5, 5.41) is 0.935. The molecular weight excluding hydrogens is 476 g/mol. The maximum atomic E-state index is 13.9. The average Bonchev–Trinajstić information content (AvgIpc) is 3.18. The Morgan fingerprint density at radius 2 is 1.74 bits per heavy atom. The number of hydrogen-bond donors (Lipinski definition) is 1. The molecule has 1 aromatic carbocycles. The highest BCUT2D eigenvalue weighted by Gasteiger charge is 2.22. The molecule has 0 unspecified atom stereocenters. The predicted molar refractivity (Wildman–Crippen MR) is 153 cm³/mol. The second-order valence-corrected chi connectivity index (χ2v) is 10.6. The molecule has 3 aromatic heterocycles. The number of rotatable bonds is 5. The van der Waals surface area contributed by atoms with Crippen LogP contribution in [0.5, 0.6) is 0 Å². The highest BCUT2D eigenvalue weighted by atomic mass is 16.2. The number of fused-ring (bicyclic) bond motifs is 1. The molecule has 0 radical (unpaired) electrons. The van der Waals surface area contributed by atoms with Crippen LogP contribution < -0.4 is 10.5 Å². The summed E-state index contributed by atoms with van der Waals surface area (Å²) in [6, 6.07) is 10.2. The van der Waals surface area contributed by atoms with Crippen molar-refractivity contribution in [3.8, 4) is 11.1 Å². The number of aryl methyl sites for hydroxylation is 4. The molecule has 1 aliphatic rings. The number of amides is 1. The summed E-state index contributed by atoms with van der Waals surface area (Å²) in [7, 11) is 5.90. The molecule has 1 aliphatic heterocycles. The van der Waals surface area contributed by atoms with E-state index in [0.717, 1.165) is 70.8 Å². The molecule has 0 atom stereocenters. The molecule has 0 spiro atoms. The predicted octanol–water partition coefficient (Wildman–Crippen LogP) is 3.88. The van der Waals surface area contributed by atoms with Crippen LogP contribution in [-0.4, -0.2) is 70.5 Å². The van der Waals surface area contributed by atoms with E-state index in [4.69, 9.17) is 4.98 Å². The number of hydrogen-bond acceptors (Lipinski definition) is 5. The van der Waals surface area contributed by atoms with Gasteiger partial charge in [-0.2, -0.15) is 0 Å². The minimum atomic E-state index is -0.150. The number of carbonyl (C=O) groups excluding carboxylic acids is 1. The molecule has 5 rings (SSSR count). The van der Waals surface area contributed by atoms with E-state index in [0.29, 0.717) is 11.1 Å². The monoisotopic (exact) mass is 512 g/mol. The van der Waals surface area contributed by atoms with Crippen LogP contribution >= 0.6 is 0 Å². The van der Waals surface area contributed by atoms with Gasteiger partial charge in [-0.25, -0.2) is 4.98 Å². The Balaban J connectivity index is 1.50. The number of carbonyl (C=O) groups is 1. The number of pyridine rings is 2. The van der Waals surface area contributed by atoms with Gasteiger partial charge in [0.1, 0.15) is 5.82 Å². The molecule has 4 aromatic rings. The van der Waals surface area contributed by atoms with E-state index in [1.165, 1.54) is 0 Å². The number of nitrogens with zero attached hydrogens (tertiary/aromatic N) is 5. The molecule has 38 heavy (non-hydrogen) atoms. The highest BCUT2D eigenvalue weighted by molar-refractivity contribution is 6.09. The lowest BCUT2D eigenvalue weighted by Gasteiger charge is -2.33. The molecule has 1 amide bonds. The third kappa shape index (κ3) is 4.84. The number of likely N-dealkylation sites (N-methyl/N-ethyl adjacent to an activating group) is 1.